The number of aryl methyl sites for hydroxylation is 1. The number of ether oxygens (including phenoxy) is 1. The van der Waals surface area contributed by atoms with Crippen LogP contribution >= 0.6 is 0 Å². The van der Waals surface area contributed by atoms with Gasteiger partial charge in [0.15, 0.2) is 17.5 Å². The number of halogens is 9. The standard InChI is InChI=1S/C35H23F9O/c1-2-3-4-19-5-7-20(8-6-19)21-9-11-25(27(36)13-21)22-10-12-26(28(37)14-22)23-15-29(38)33(30(39)16-23)35(43,44)45-24-17-31(40)34(42)32(41)18-24/h5-18H,2-4H2,1H3. The SMILES string of the molecule is CCCCc1ccc(-c2ccc(-c3ccc(-c4cc(F)c(C(F)(F)Oc5cc(F)c(F)c(F)c5)c(F)c4)c(F)c3)c(F)c2)cc1. The first-order valence-electron chi connectivity index (χ1n) is 13.8. The van der Waals surface area contributed by atoms with Crippen LogP contribution in [0.4, 0.5) is 39.5 Å². The molecule has 0 saturated carbocycles. The maximum atomic E-state index is 15.2. The third-order valence-electron chi connectivity index (χ3n) is 7.20. The molecule has 10 heteroatoms. The molecule has 0 N–H and O–H groups in total. The summed E-state index contributed by atoms with van der Waals surface area (Å²) in [5.41, 5.74) is -0.0249. The van der Waals surface area contributed by atoms with Crippen LogP contribution < -0.4 is 4.74 Å². The van der Waals surface area contributed by atoms with E-state index in [1.807, 2.05) is 24.3 Å². The molecule has 0 saturated heterocycles. The van der Waals surface area contributed by atoms with Crippen molar-refractivity contribution in [2.45, 2.75) is 32.3 Å². The van der Waals surface area contributed by atoms with Gasteiger partial charge in [-0.2, -0.15) is 8.78 Å². The second-order valence-electron chi connectivity index (χ2n) is 10.3. The van der Waals surface area contributed by atoms with Crippen molar-refractivity contribution in [3.05, 3.63) is 137 Å². The molecule has 0 aliphatic heterocycles. The first-order valence-corrected chi connectivity index (χ1v) is 13.8. The maximum absolute atomic E-state index is 15.2. The van der Waals surface area contributed by atoms with Gasteiger partial charge in [0.1, 0.15) is 34.6 Å². The summed E-state index contributed by atoms with van der Waals surface area (Å²) < 4.78 is 133. The Balaban J connectivity index is 1.39. The van der Waals surface area contributed by atoms with Crippen molar-refractivity contribution in [3.8, 4) is 39.1 Å². The zero-order chi connectivity index (χ0) is 32.5. The summed E-state index contributed by atoms with van der Waals surface area (Å²) in [4.78, 5) is 0. The van der Waals surface area contributed by atoms with Crippen molar-refractivity contribution in [2.24, 2.45) is 0 Å². The van der Waals surface area contributed by atoms with Crippen LogP contribution in [-0.2, 0) is 12.5 Å². The van der Waals surface area contributed by atoms with Crippen LogP contribution in [0.25, 0.3) is 33.4 Å². The molecule has 0 radical (unpaired) electrons. The van der Waals surface area contributed by atoms with Crippen LogP contribution in [0.2, 0.25) is 0 Å². The minimum absolute atomic E-state index is 0.0573. The van der Waals surface area contributed by atoms with Crippen molar-refractivity contribution >= 4 is 0 Å². The van der Waals surface area contributed by atoms with Gasteiger partial charge in [0.2, 0.25) is 0 Å². The van der Waals surface area contributed by atoms with E-state index >= 15 is 8.78 Å². The smallest absolute Gasteiger partial charge is 0.429 e. The Morgan fingerprint density at radius 2 is 1.02 bits per heavy atom. The topological polar surface area (TPSA) is 9.23 Å². The van der Waals surface area contributed by atoms with Crippen molar-refractivity contribution < 1.29 is 44.3 Å². The number of hydrogen-bond acceptors (Lipinski definition) is 1. The second kappa shape index (κ2) is 12.7. The molecule has 0 aromatic heterocycles. The summed E-state index contributed by atoms with van der Waals surface area (Å²) >= 11 is 0. The zero-order valence-corrected chi connectivity index (χ0v) is 23.5. The van der Waals surface area contributed by atoms with Gasteiger partial charge < -0.3 is 4.74 Å². The van der Waals surface area contributed by atoms with Crippen molar-refractivity contribution in [2.75, 3.05) is 0 Å². The molecule has 5 aromatic rings. The van der Waals surface area contributed by atoms with E-state index in [4.69, 9.17) is 0 Å². The maximum Gasteiger partial charge on any atom is 0.432 e. The van der Waals surface area contributed by atoms with Crippen LogP contribution in [0.3, 0.4) is 0 Å². The normalized spacial score (nSPS) is 11.6. The monoisotopic (exact) mass is 630 g/mol. The summed E-state index contributed by atoms with van der Waals surface area (Å²) in [6, 6.07) is 16.5. The molecule has 0 bridgehead atoms. The van der Waals surface area contributed by atoms with Crippen molar-refractivity contribution in [1.82, 2.24) is 0 Å². The highest BCUT2D eigenvalue weighted by molar-refractivity contribution is 5.74. The Morgan fingerprint density at radius 3 is 1.58 bits per heavy atom. The van der Waals surface area contributed by atoms with Crippen LogP contribution in [0.15, 0.2) is 84.9 Å². The molecule has 0 amide bonds. The molecular weight excluding hydrogens is 607 g/mol. The van der Waals surface area contributed by atoms with Crippen LogP contribution in [0.5, 0.6) is 5.75 Å². The van der Waals surface area contributed by atoms with Gasteiger partial charge in [-0.15, -0.1) is 0 Å². The first kappa shape index (κ1) is 31.7. The number of rotatable bonds is 9. The lowest BCUT2D eigenvalue weighted by atomic mass is 9.96. The molecule has 0 heterocycles. The first-order chi connectivity index (χ1) is 21.4. The van der Waals surface area contributed by atoms with Gasteiger partial charge in [-0.3, -0.25) is 0 Å². The lowest BCUT2D eigenvalue weighted by Gasteiger charge is -2.20. The molecule has 0 aliphatic rings. The molecule has 0 unspecified atom stereocenters. The molecule has 5 aromatic carbocycles. The molecule has 232 valence electrons. The average Bonchev–Trinajstić information content (AvgIpc) is 2.98. The molecule has 45 heavy (non-hydrogen) atoms. The number of unbranched alkanes of at least 4 members (excludes halogenated alkanes) is 1. The lowest BCUT2D eigenvalue weighted by molar-refractivity contribution is -0.189. The highest BCUT2D eigenvalue weighted by atomic mass is 19.3. The quantitative estimate of drug-likeness (QED) is 0.116. The predicted octanol–water partition coefficient (Wildman–Crippen LogP) is 11.1. The summed E-state index contributed by atoms with van der Waals surface area (Å²) in [7, 11) is 0. The second-order valence-corrected chi connectivity index (χ2v) is 10.3. The van der Waals surface area contributed by atoms with E-state index in [2.05, 4.69) is 11.7 Å². The minimum atomic E-state index is -4.80. The fourth-order valence-electron chi connectivity index (χ4n) is 4.89. The van der Waals surface area contributed by atoms with E-state index in [0.717, 1.165) is 37.0 Å². The van der Waals surface area contributed by atoms with Gasteiger partial charge in [-0.25, -0.2) is 30.7 Å². The van der Waals surface area contributed by atoms with Crippen LogP contribution in [0.1, 0.15) is 30.9 Å². The van der Waals surface area contributed by atoms with E-state index in [1.165, 1.54) is 23.8 Å². The molecular formula is C35H23F9O. The largest absolute Gasteiger partial charge is 0.432 e. The van der Waals surface area contributed by atoms with E-state index in [-0.39, 0.29) is 28.8 Å². The Labute approximate surface area is 252 Å². The summed E-state index contributed by atoms with van der Waals surface area (Å²) in [5, 5.41) is 0. The van der Waals surface area contributed by atoms with Gasteiger partial charge in [0, 0.05) is 23.3 Å². The van der Waals surface area contributed by atoms with Gasteiger partial charge in [0.05, 0.1) is 0 Å². The van der Waals surface area contributed by atoms with Crippen LogP contribution in [-0.4, -0.2) is 0 Å². The molecule has 1 nitrogen and oxygen atoms in total. The van der Waals surface area contributed by atoms with Gasteiger partial charge in [-0.1, -0.05) is 61.9 Å². The van der Waals surface area contributed by atoms with Gasteiger partial charge in [-0.05, 0) is 64.9 Å². The van der Waals surface area contributed by atoms with Crippen molar-refractivity contribution in [1.29, 1.82) is 0 Å². The number of benzene rings is 5. The average molecular weight is 631 g/mol. The van der Waals surface area contributed by atoms with Crippen molar-refractivity contribution in [3.63, 3.8) is 0 Å². The van der Waals surface area contributed by atoms with E-state index < -0.39 is 63.7 Å². The third kappa shape index (κ3) is 6.69. The molecule has 5 rings (SSSR count). The Kier molecular flexibility index (Phi) is 8.95. The lowest BCUT2D eigenvalue weighted by Crippen LogP contribution is -2.25. The molecule has 0 spiro atoms. The third-order valence-corrected chi connectivity index (χ3v) is 7.20. The summed E-state index contributed by atoms with van der Waals surface area (Å²) in [5.74, 6) is -12.3. The zero-order valence-electron chi connectivity index (χ0n) is 23.5. The van der Waals surface area contributed by atoms with Crippen LogP contribution in [0, 0.1) is 40.7 Å². The fraction of sp³-hybridized carbons (Fsp3) is 0.143. The number of hydrogen-bond donors (Lipinski definition) is 0. The molecule has 0 fully saturated rings. The highest BCUT2D eigenvalue weighted by Crippen LogP contribution is 2.39. The van der Waals surface area contributed by atoms with Gasteiger partial charge in [0.25, 0.3) is 0 Å². The fourth-order valence-corrected chi connectivity index (χ4v) is 4.89. The number of alkyl halides is 2. The molecule has 0 aliphatic carbocycles. The highest BCUT2D eigenvalue weighted by Gasteiger charge is 2.41. The summed E-state index contributed by atoms with van der Waals surface area (Å²) in [6.07, 6.45) is -1.73. The van der Waals surface area contributed by atoms with Gasteiger partial charge >= 0.3 is 6.11 Å². The minimum Gasteiger partial charge on any atom is -0.429 e. The summed E-state index contributed by atoms with van der Waals surface area (Å²) in [6.45, 7) is 2.10. The van der Waals surface area contributed by atoms with E-state index in [9.17, 15) is 30.7 Å². The Bertz CT molecular complexity index is 1820. The Morgan fingerprint density at radius 1 is 0.533 bits per heavy atom. The van der Waals surface area contributed by atoms with E-state index in [1.54, 1.807) is 6.07 Å². The predicted molar refractivity (Wildman–Crippen MR) is 152 cm³/mol. The Hall–Kier alpha value is -4.73. The molecule has 0 atom stereocenters. The van der Waals surface area contributed by atoms with E-state index in [0.29, 0.717) is 17.7 Å².